The largest absolute Gasteiger partial charge is 0.468 e. The molecule has 0 fully saturated rings. The van der Waals surface area contributed by atoms with E-state index in [0.717, 1.165) is 11.8 Å². The normalized spacial score (nSPS) is 12.0. The van der Waals surface area contributed by atoms with Crippen molar-refractivity contribution in [3.05, 3.63) is 18.1 Å². The van der Waals surface area contributed by atoms with Gasteiger partial charge in [0.2, 0.25) is 0 Å². The van der Waals surface area contributed by atoms with Gasteiger partial charge in [0.15, 0.2) is 0 Å². The smallest absolute Gasteiger partial charge is 0.398 e. The van der Waals surface area contributed by atoms with Crippen LogP contribution < -0.4 is 0 Å². The Morgan fingerprint density at radius 2 is 2.17 bits per heavy atom. The molecule has 1 aromatic heterocycles. The van der Waals surface area contributed by atoms with Gasteiger partial charge in [-0.2, -0.15) is 13.2 Å². The van der Waals surface area contributed by atoms with Gasteiger partial charge in [0.25, 0.3) is 0 Å². The van der Waals surface area contributed by atoms with Crippen LogP contribution >= 0.6 is 11.8 Å². The third-order valence-corrected chi connectivity index (χ3v) is 2.41. The molecule has 1 aromatic rings. The molecule has 1 nitrogen and oxygen atoms in total. The van der Waals surface area contributed by atoms with E-state index < -0.39 is 11.9 Å². The fourth-order valence-electron chi connectivity index (χ4n) is 0.683. The first-order valence-corrected chi connectivity index (χ1v) is 4.21. The molecule has 0 atom stereocenters. The van der Waals surface area contributed by atoms with E-state index in [-0.39, 0.29) is 0 Å². The van der Waals surface area contributed by atoms with E-state index >= 15 is 0 Å². The minimum absolute atomic E-state index is 0.532. The fraction of sp³-hybridized carbons (Fsp3) is 0.429. The van der Waals surface area contributed by atoms with Gasteiger partial charge in [-0.3, -0.25) is 0 Å². The second-order valence-corrected chi connectivity index (χ2v) is 3.26. The lowest BCUT2D eigenvalue weighted by Gasteiger charge is -2.03. The monoisotopic (exact) mass is 196 g/mol. The second kappa shape index (κ2) is 3.43. The topological polar surface area (TPSA) is 13.1 Å². The zero-order chi connectivity index (χ0) is 9.19. The quantitative estimate of drug-likeness (QED) is 0.673. The van der Waals surface area contributed by atoms with Crippen LogP contribution in [0.5, 0.6) is 0 Å². The summed E-state index contributed by atoms with van der Waals surface area (Å²) < 4.78 is 40.0. The number of hydrogen-bond donors (Lipinski definition) is 0. The molecule has 1 heterocycles. The highest BCUT2D eigenvalue weighted by Crippen LogP contribution is 2.29. The Morgan fingerprint density at radius 1 is 1.50 bits per heavy atom. The second-order valence-electron chi connectivity index (χ2n) is 2.24. The summed E-state index contributed by atoms with van der Waals surface area (Å²) in [5, 5.41) is 0. The van der Waals surface area contributed by atoms with Gasteiger partial charge >= 0.3 is 6.18 Å². The van der Waals surface area contributed by atoms with Crippen molar-refractivity contribution in [1.29, 1.82) is 0 Å². The molecular formula is C7H7F3OS. The van der Waals surface area contributed by atoms with Crippen LogP contribution in [0.1, 0.15) is 5.76 Å². The van der Waals surface area contributed by atoms with E-state index in [2.05, 4.69) is 0 Å². The molecule has 0 saturated carbocycles. The van der Waals surface area contributed by atoms with Gasteiger partial charge in [0.05, 0.1) is 12.0 Å². The molecule has 0 aliphatic carbocycles. The molecule has 0 unspecified atom stereocenters. The molecule has 5 heteroatoms. The summed E-state index contributed by atoms with van der Waals surface area (Å²) in [4.78, 5) is 0.548. The first-order chi connectivity index (χ1) is 5.49. The van der Waals surface area contributed by atoms with Gasteiger partial charge in [-0.05, 0) is 13.0 Å². The lowest BCUT2D eigenvalue weighted by molar-refractivity contribution is -0.105. The molecule has 0 saturated heterocycles. The summed E-state index contributed by atoms with van der Waals surface area (Å²) in [6, 6.07) is 1.53. The van der Waals surface area contributed by atoms with E-state index in [1.807, 2.05) is 0 Å². The number of hydrogen-bond acceptors (Lipinski definition) is 2. The summed E-state index contributed by atoms with van der Waals surface area (Å²) in [6.07, 6.45) is -2.73. The van der Waals surface area contributed by atoms with Crippen LogP contribution in [0.25, 0.3) is 0 Å². The highest BCUT2D eigenvalue weighted by atomic mass is 32.2. The Labute approximate surface area is 71.9 Å². The SMILES string of the molecule is Cc1occc1SCC(F)(F)F. The number of thioether (sulfide) groups is 1. The van der Waals surface area contributed by atoms with Crippen molar-refractivity contribution in [2.45, 2.75) is 18.0 Å². The molecule has 12 heavy (non-hydrogen) atoms. The molecule has 1 rings (SSSR count). The van der Waals surface area contributed by atoms with Crippen LogP contribution in [-0.2, 0) is 0 Å². The molecule has 0 N–H and O–H groups in total. The number of halogens is 3. The lowest BCUT2D eigenvalue weighted by atomic mass is 10.5. The summed E-state index contributed by atoms with van der Waals surface area (Å²) in [5.41, 5.74) is 0. The van der Waals surface area contributed by atoms with Crippen molar-refractivity contribution in [3.8, 4) is 0 Å². The van der Waals surface area contributed by atoms with Crippen molar-refractivity contribution in [3.63, 3.8) is 0 Å². The van der Waals surface area contributed by atoms with Crippen LogP contribution in [0.15, 0.2) is 21.6 Å². The minimum atomic E-state index is -4.12. The molecule has 0 radical (unpaired) electrons. The van der Waals surface area contributed by atoms with Gasteiger partial charge in [-0.25, -0.2) is 0 Å². The van der Waals surface area contributed by atoms with E-state index in [1.165, 1.54) is 12.3 Å². The summed E-state index contributed by atoms with van der Waals surface area (Å²) in [6.45, 7) is 1.64. The molecule has 0 aliphatic rings. The van der Waals surface area contributed by atoms with E-state index in [0.29, 0.717) is 10.7 Å². The Morgan fingerprint density at radius 3 is 2.58 bits per heavy atom. The third kappa shape index (κ3) is 2.81. The van der Waals surface area contributed by atoms with Crippen LogP contribution in [0, 0.1) is 6.92 Å². The van der Waals surface area contributed by atoms with Crippen LogP contribution in [0.4, 0.5) is 13.2 Å². The predicted octanol–water partition coefficient (Wildman–Crippen LogP) is 3.24. The Kier molecular flexibility index (Phi) is 2.72. The molecule has 68 valence electrons. The molecule has 0 spiro atoms. The van der Waals surface area contributed by atoms with Crippen LogP contribution in [-0.4, -0.2) is 11.9 Å². The number of aryl methyl sites for hydroxylation is 1. The molecule has 0 bridgehead atoms. The van der Waals surface area contributed by atoms with Crippen LogP contribution in [0.2, 0.25) is 0 Å². The average molecular weight is 196 g/mol. The van der Waals surface area contributed by atoms with Crippen molar-refractivity contribution in [1.82, 2.24) is 0 Å². The Balaban J connectivity index is 2.49. The zero-order valence-electron chi connectivity index (χ0n) is 6.31. The van der Waals surface area contributed by atoms with Gasteiger partial charge in [-0.15, -0.1) is 11.8 Å². The Bertz CT molecular complexity index is 253. The zero-order valence-corrected chi connectivity index (χ0v) is 7.13. The standard InChI is InChI=1S/C7H7F3OS/c1-5-6(2-3-11-5)12-4-7(8,9)10/h2-3H,4H2,1H3. The predicted molar refractivity (Wildman–Crippen MR) is 40.2 cm³/mol. The minimum Gasteiger partial charge on any atom is -0.468 e. The van der Waals surface area contributed by atoms with E-state index in [4.69, 9.17) is 4.42 Å². The molecule has 0 amide bonds. The van der Waals surface area contributed by atoms with Crippen molar-refractivity contribution >= 4 is 11.8 Å². The van der Waals surface area contributed by atoms with Gasteiger partial charge in [0, 0.05) is 4.90 Å². The van der Waals surface area contributed by atoms with Gasteiger partial charge in [-0.1, -0.05) is 0 Å². The van der Waals surface area contributed by atoms with E-state index in [9.17, 15) is 13.2 Å². The van der Waals surface area contributed by atoms with Crippen molar-refractivity contribution in [2.75, 3.05) is 5.75 Å². The number of alkyl halides is 3. The van der Waals surface area contributed by atoms with Crippen LogP contribution in [0.3, 0.4) is 0 Å². The van der Waals surface area contributed by atoms with Gasteiger partial charge < -0.3 is 4.42 Å². The average Bonchev–Trinajstić information content (AvgIpc) is 2.29. The van der Waals surface area contributed by atoms with Gasteiger partial charge in [0.1, 0.15) is 5.76 Å². The summed E-state index contributed by atoms with van der Waals surface area (Å²) in [7, 11) is 0. The lowest BCUT2D eigenvalue weighted by Crippen LogP contribution is -2.10. The van der Waals surface area contributed by atoms with Crippen molar-refractivity contribution < 1.29 is 17.6 Å². The highest BCUT2D eigenvalue weighted by Gasteiger charge is 2.27. The Hall–Kier alpha value is -0.580. The maximum Gasteiger partial charge on any atom is 0.398 e. The molecular weight excluding hydrogens is 189 g/mol. The van der Waals surface area contributed by atoms with E-state index in [1.54, 1.807) is 6.92 Å². The number of rotatable bonds is 2. The maximum absolute atomic E-state index is 11.7. The van der Waals surface area contributed by atoms with Crippen molar-refractivity contribution in [2.24, 2.45) is 0 Å². The first-order valence-electron chi connectivity index (χ1n) is 3.23. The first kappa shape index (κ1) is 9.51. The summed E-state index contributed by atoms with van der Waals surface area (Å²) in [5.74, 6) is -0.336. The fourth-order valence-corrected chi connectivity index (χ4v) is 1.40. The maximum atomic E-state index is 11.7. The molecule has 0 aromatic carbocycles. The third-order valence-electron chi connectivity index (χ3n) is 1.20. The summed E-state index contributed by atoms with van der Waals surface area (Å²) >= 11 is 0.742. The molecule has 0 aliphatic heterocycles. The number of furan rings is 1. The highest BCUT2D eigenvalue weighted by molar-refractivity contribution is 7.99.